The summed E-state index contributed by atoms with van der Waals surface area (Å²) in [4.78, 5) is 14.2. The first-order chi connectivity index (χ1) is 9.56. The highest BCUT2D eigenvalue weighted by Gasteiger charge is 2.31. The first-order valence-corrected chi connectivity index (χ1v) is 6.63. The summed E-state index contributed by atoms with van der Waals surface area (Å²) < 4.78 is 0. The SMILES string of the molecule is Cc1c(O)cccc1C(=O)N1CCCCC1/C(N)=N/O. The molecule has 0 spiro atoms. The number of likely N-dealkylation sites (tertiary alicyclic amines) is 1. The fourth-order valence-corrected chi connectivity index (χ4v) is 2.56. The van der Waals surface area contributed by atoms with Gasteiger partial charge in [0.05, 0.1) is 6.04 Å². The number of phenolic OH excluding ortho intramolecular Hbond substituents is 1. The Bertz CT molecular complexity index is 542. The summed E-state index contributed by atoms with van der Waals surface area (Å²) >= 11 is 0. The number of phenols is 1. The molecule has 6 nitrogen and oxygen atoms in total. The lowest BCUT2D eigenvalue weighted by Crippen LogP contribution is -2.50. The summed E-state index contributed by atoms with van der Waals surface area (Å²) in [6.07, 6.45) is 2.50. The molecule has 108 valence electrons. The number of nitrogens with two attached hydrogens (primary N) is 1. The van der Waals surface area contributed by atoms with Crippen LogP contribution in [0.4, 0.5) is 0 Å². The number of amidine groups is 1. The van der Waals surface area contributed by atoms with Gasteiger partial charge < -0.3 is 20.9 Å². The molecule has 2 rings (SSSR count). The van der Waals surface area contributed by atoms with Gasteiger partial charge in [0.2, 0.25) is 0 Å². The standard InChI is InChI=1S/C14H19N3O3/c1-9-10(5-4-7-12(9)18)14(19)17-8-3-2-6-11(17)13(15)16-20/h4-5,7,11,18,20H,2-3,6,8H2,1H3,(H2,15,16). The highest BCUT2D eigenvalue weighted by molar-refractivity contribution is 5.99. The average molecular weight is 277 g/mol. The maximum Gasteiger partial charge on any atom is 0.254 e. The smallest absolute Gasteiger partial charge is 0.254 e. The van der Waals surface area contributed by atoms with Gasteiger partial charge in [-0.2, -0.15) is 0 Å². The van der Waals surface area contributed by atoms with Crippen molar-refractivity contribution in [1.82, 2.24) is 4.90 Å². The van der Waals surface area contributed by atoms with Crippen molar-refractivity contribution in [2.75, 3.05) is 6.54 Å². The van der Waals surface area contributed by atoms with E-state index in [-0.39, 0.29) is 23.5 Å². The second kappa shape index (κ2) is 5.81. The Balaban J connectivity index is 2.32. The normalized spacial score (nSPS) is 19.9. The number of oxime groups is 1. The lowest BCUT2D eigenvalue weighted by Gasteiger charge is -2.35. The predicted octanol–water partition coefficient (Wildman–Crippen LogP) is 1.44. The third-order valence-corrected chi connectivity index (χ3v) is 3.76. The summed E-state index contributed by atoms with van der Waals surface area (Å²) in [6.45, 7) is 2.26. The topological polar surface area (TPSA) is 99.2 Å². The van der Waals surface area contributed by atoms with Gasteiger partial charge in [0.1, 0.15) is 5.75 Å². The molecule has 1 atom stereocenters. The van der Waals surface area contributed by atoms with Crippen LogP contribution in [0, 0.1) is 6.92 Å². The Labute approximate surface area is 117 Å². The highest BCUT2D eigenvalue weighted by atomic mass is 16.4. The highest BCUT2D eigenvalue weighted by Crippen LogP contribution is 2.24. The van der Waals surface area contributed by atoms with E-state index in [4.69, 9.17) is 10.9 Å². The molecule has 1 aromatic carbocycles. The monoisotopic (exact) mass is 277 g/mol. The molecule has 0 aromatic heterocycles. The number of aromatic hydroxyl groups is 1. The molecule has 1 heterocycles. The molecular weight excluding hydrogens is 258 g/mol. The molecular formula is C14H19N3O3. The van der Waals surface area contributed by atoms with E-state index in [0.29, 0.717) is 24.1 Å². The van der Waals surface area contributed by atoms with Crippen LogP contribution in [-0.2, 0) is 0 Å². The number of piperidine rings is 1. The van der Waals surface area contributed by atoms with Crippen LogP contribution in [0.5, 0.6) is 5.75 Å². The maximum atomic E-state index is 12.6. The van der Waals surface area contributed by atoms with E-state index in [1.165, 1.54) is 0 Å². The van der Waals surface area contributed by atoms with Crippen molar-refractivity contribution >= 4 is 11.7 Å². The third kappa shape index (κ3) is 2.54. The zero-order valence-electron chi connectivity index (χ0n) is 11.4. The molecule has 0 aliphatic carbocycles. The van der Waals surface area contributed by atoms with Gasteiger partial charge in [-0.1, -0.05) is 11.2 Å². The molecule has 1 unspecified atom stereocenters. The van der Waals surface area contributed by atoms with Crippen LogP contribution in [0.15, 0.2) is 23.4 Å². The van der Waals surface area contributed by atoms with Gasteiger partial charge in [0.15, 0.2) is 5.84 Å². The number of carbonyl (C=O) groups excluding carboxylic acids is 1. The van der Waals surface area contributed by atoms with Crippen LogP contribution >= 0.6 is 0 Å². The van der Waals surface area contributed by atoms with Crippen molar-refractivity contribution in [3.05, 3.63) is 29.3 Å². The van der Waals surface area contributed by atoms with Gasteiger partial charge in [-0.05, 0) is 38.3 Å². The van der Waals surface area contributed by atoms with E-state index in [1.807, 2.05) is 0 Å². The van der Waals surface area contributed by atoms with Gasteiger partial charge in [-0.25, -0.2) is 0 Å². The number of carbonyl (C=O) groups is 1. The number of nitrogens with zero attached hydrogens (tertiary/aromatic N) is 2. The minimum absolute atomic E-state index is 0.0517. The first-order valence-electron chi connectivity index (χ1n) is 6.63. The molecule has 1 aliphatic rings. The van der Waals surface area contributed by atoms with E-state index in [1.54, 1.807) is 30.0 Å². The molecule has 1 amide bonds. The fourth-order valence-electron chi connectivity index (χ4n) is 2.56. The first kappa shape index (κ1) is 14.2. The largest absolute Gasteiger partial charge is 0.508 e. The van der Waals surface area contributed by atoms with E-state index in [2.05, 4.69) is 5.16 Å². The van der Waals surface area contributed by atoms with Crippen LogP contribution < -0.4 is 5.73 Å². The number of benzene rings is 1. The Hall–Kier alpha value is -2.24. The molecule has 0 saturated carbocycles. The van der Waals surface area contributed by atoms with Gasteiger partial charge in [0, 0.05) is 17.7 Å². The van der Waals surface area contributed by atoms with Crippen LogP contribution in [0.25, 0.3) is 0 Å². The maximum absolute atomic E-state index is 12.6. The average Bonchev–Trinajstić information content (AvgIpc) is 2.48. The second-order valence-electron chi connectivity index (χ2n) is 4.98. The molecule has 0 radical (unpaired) electrons. The lowest BCUT2D eigenvalue weighted by molar-refractivity contribution is 0.0675. The molecule has 1 fully saturated rings. The van der Waals surface area contributed by atoms with Gasteiger partial charge in [-0.3, -0.25) is 4.79 Å². The Kier molecular flexibility index (Phi) is 4.12. The van der Waals surface area contributed by atoms with Crippen LogP contribution in [0.2, 0.25) is 0 Å². The summed E-state index contributed by atoms with van der Waals surface area (Å²) in [6, 6.07) is 4.47. The van der Waals surface area contributed by atoms with E-state index in [0.717, 1.165) is 12.8 Å². The van der Waals surface area contributed by atoms with Crippen molar-refractivity contribution < 1.29 is 15.1 Å². The van der Waals surface area contributed by atoms with Crippen molar-refractivity contribution in [2.45, 2.75) is 32.2 Å². The summed E-state index contributed by atoms with van der Waals surface area (Å²) in [5.74, 6) is -0.0567. The van der Waals surface area contributed by atoms with Crippen LogP contribution in [-0.4, -0.2) is 39.5 Å². The number of rotatable bonds is 2. The Morgan fingerprint density at radius 2 is 2.20 bits per heavy atom. The molecule has 6 heteroatoms. The summed E-state index contributed by atoms with van der Waals surface area (Å²) in [5, 5.41) is 21.6. The minimum atomic E-state index is -0.386. The Morgan fingerprint density at radius 1 is 1.45 bits per heavy atom. The van der Waals surface area contributed by atoms with Gasteiger partial charge >= 0.3 is 0 Å². The lowest BCUT2D eigenvalue weighted by atomic mass is 9.98. The molecule has 0 bridgehead atoms. The van der Waals surface area contributed by atoms with Crippen molar-refractivity contribution in [1.29, 1.82) is 0 Å². The van der Waals surface area contributed by atoms with Crippen molar-refractivity contribution in [3.8, 4) is 5.75 Å². The van der Waals surface area contributed by atoms with Crippen molar-refractivity contribution in [2.24, 2.45) is 10.9 Å². The van der Waals surface area contributed by atoms with E-state index in [9.17, 15) is 9.90 Å². The number of hydrogen-bond acceptors (Lipinski definition) is 4. The summed E-state index contributed by atoms with van der Waals surface area (Å²) in [7, 11) is 0. The molecule has 4 N–H and O–H groups in total. The molecule has 1 aliphatic heterocycles. The second-order valence-corrected chi connectivity index (χ2v) is 4.98. The number of amides is 1. The Morgan fingerprint density at radius 3 is 2.90 bits per heavy atom. The number of hydrogen-bond donors (Lipinski definition) is 3. The van der Waals surface area contributed by atoms with Crippen LogP contribution in [0.1, 0.15) is 35.2 Å². The quantitative estimate of drug-likeness (QED) is 0.329. The molecule has 20 heavy (non-hydrogen) atoms. The zero-order chi connectivity index (χ0) is 14.7. The molecule has 1 saturated heterocycles. The zero-order valence-corrected chi connectivity index (χ0v) is 11.4. The van der Waals surface area contributed by atoms with E-state index < -0.39 is 0 Å². The van der Waals surface area contributed by atoms with E-state index >= 15 is 0 Å². The van der Waals surface area contributed by atoms with Gasteiger partial charge in [-0.15, -0.1) is 0 Å². The molecule has 1 aromatic rings. The predicted molar refractivity (Wildman–Crippen MR) is 74.9 cm³/mol. The minimum Gasteiger partial charge on any atom is -0.508 e. The van der Waals surface area contributed by atoms with Gasteiger partial charge in [0.25, 0.3) is 5.91 Å². The van der Waals surface area contributed by atoms with Crippen molar-refractivity contribution in [3.63, 3.8) is 0 Å². The van der Waals surface area contributed by atoms with Crippen LogP contribution in [0.3, 0.4) is 0 Å². The summed E-state index contributed by atoms with van der Waals surface area (Å²) in [5.41, 5.74) is 6.67. The third-order valence-electron chi connectivity index (χ3n) is 3.76. The fraction of sp³-hybridized carbons (Fsp3) is 0.429.